The van der Waals surface area contributed by atoms with Gasteiger partial charge in [0.25, 0.3) is 0 Å². The Morgan fingerprint density at radius 2 is 0.423 bits per heavy atom. The van der Waals surface area contributed by atoms with Crippen molar-refractivity contribution in [3.8, 4) is 0 Å². The van der Waals surface area contributed by atoms with Crippen LogP contribution in [0, 0.1) is 0 Å². The van der Waals surface area contributed by atoms with E-state index in [0.717, 1.165) is 97.3 Å². The smallest absolute Gasteiger partial charge is 0.221 e. The topological polar surface area (TPSA) is 135 Å². The minimum absolute atomic E-state index is 0.110. The summed E-state index contributed by atoms with van der Waals surface area (Å²) in [5, 5.41) is 16.3. The van der Waals surface area contributed by atoms with Crippen LogP contribution >= 0.6 is 0 Å². The Hall–Kier alpha value is -2.24. The van der Waals surface area contributed by atoms with Crippen LogP contribution in [-0.2, 0) is 19.2 Å². The summed E-state index contributed by atoms with van der Waals surface area (Å²) in [6.45, 7) is 18.2. The molecule has 4 amide bonds. The molecule has 0 spiro atoms. The molecule has 5 N–H and O–H groups in total. The summed E-state index contributed by atoms with van der Waals surface area (Å²) >= 11 is 0. The van der Waals surface area contributed by atoms with Gasteiger partial charge < -0.3 is 36.4 Å². The molecule has 0 aliphatic heterocycles. The van der Waals surface area contributed by atoms with Gasteiger partial charge >= 0.3 is 0 Å². The van der Waals surface area contributed by atoms with Crippen LogP contribution in [0.15, 0.2) is 0 Å². The number of hydrogen-bond donors (Lipinski definition) is 5. The van der Waals surface area contributed by atoms with E-state index in [9.17, 15) is 19.2 Å². The highest BCUT2D eigenvalue weighted by molar-refractivity contribution is 5.77. The molecule has 0 heterocycles. The van der Waals surface area contributed by atoms with Gasteiger partial charge in [-0.1, -0.05) is 265 Å². The summed E-state index contributed by atoms with van der Waals surface area (Å²) < 4.78 is 0. The third-order valence-electron chi connectivity index (χ3n) is 16.0. The molecule has 0 bridgehead atoms. The predicted octanol–water partition coefficient (Wildman–Crippen LogP) is 16.1. The number of hydrogen-bond acceptors (Lipinski definition) is 7. The van der Waals surface area contributed by atoms with E-state index in [0.29, 0.717) is 51.9 Å². The van der Waals surface area contributed by atoms with Gasteiger partial charge in [-0.25, -0.2) is 0 Å². The first-order valence-electron chi connectivity index (χ1n) is 34.6. The van der Waals surface area contributed by atoms with Gasteiger partial charge in [0, 0.05) is 91.1 Å². The fraction of sp³-hybridized carbons (Fsp3) is 0.940. The monoisotopic (exact) mass is 1100 g/mol. The molecule has 0 aliphatic carbocycles. The van der Waals surface area contributed by atoms with Crippen LogP contribution in [0.4, 0.5) is 0 Å². The van der Waals surface area contributed by atoms with Gasteiger partial charge in [0.15, 0.2) is 0 Å². The molecular weight excluding hydrogens is 967 g/mol. The van der Waals surface area contributed by atoms with Crippen molar-refractivity contribution in [2.75, 3.05) is 78.5 Å². The lowest BCUT2D eigenvalue weighted by Crippen LogP contribution is -2.38. The van der Waals surface area contributed by atoms with Gasteiger partial charge in [0.1, 0.15) is 0 Å². The maximum Gasteiger partial charge on any atom is 0.221 e. The van der Waals surface area contributed by atoms with Crippen molar-refractivity contribution in [3.63, 3.8) is 0 Å². The van der Waals surface area contributed by atoms with Crippen LogP contribution in [0.25, 0.3) is 0 Å². The summed E-state index contributed by atoms with van der Waals surface area (Å²) in [7, 11) is 0. The van der Waals surface area contributed by atoms with Gasteiger partial charge in [-0.15, -0.1) is 0 Å². The molecule has 0 unspecified atom stereocenters. The summed E-state index contributed by atoms with van der Waals surface area (Å²) in [5.41, 5.74) is 0. The third-order valence-corrected chi connectivity index (χ3v) is 16.0. The lowest BCUT2D eigenvalue weighted by atomic mass is 10.1. The molecule has 0 aromatic carbocycles. The van der Waals surface area contributed by atoms with Crippen molar-refractivity contribution >= 4 is 23.6 Å². The second-order valence-electron chi connectivity index (χ2n) is 23.6. The Kier molecular flexibility index (Phi) is 62.1. The molecule has 0 saturated heterocycles. The fourth-order valence-electron chi connectivity index (χ4n) is 10.5. The van der Waals surface area contributed by atoms with Gasteiger partial charge in [0.2, 0.25) is 23.6 Å². The van der Waals surface area contributed by atoms with Gasteiger partial charge in [-0.2, -0.15) is 0 Å². The second kappa shape index (κ2) is 63.9. The number of carbonyl (C=O) groups is 4. The van der Waals surface area contributed by atoms with Crippen molar-refractivity contribution < 1.29 is 19.2 Å². The first-order valence-corrected chi connectivity index (χ1v) is 34.6. The summed E-state index contributed by atoms with van der Waals surface area (Å²) in [6.07, 6.45) is 56.5. The molecule has 0 fully saturated rings. The Balaban J connectivity index is 4.88. The minimum Gasteiger partial charge on any atom is -0.356 e. The fourth-order valence-corrected chi connectivity index (χ4v) is 10.5. The average molecular weight is 1100 g/mol. The van der Waals surface area contributed by atoms with E-state index in [1.807, 2.05) is 0 Å². The van der Waals surface area contributed by atoms with E-state index in [1.54, 1.807) is 0 Å². The number of unbranched alkanes of at least 4 members (excludes halogenated alkanes) is 38. The number of amides is 4. The van der Waals surface area contributed by atoms with Gasteiger partial charge in [-0.05, 0) is 51.6 Å². The van der Waals surface area contributed by atoms with Crippen LogP contribution < -0.4 is 26.6 Å². The van der Waals surface area contributed by atoms with Crippen LogP contribution in [0.3, 0.4) is 0 Å². The molecule has 0 radical (unpaired) electrons. The van der Waals surface area contributed by atoms with Crippen molar-refractivity contribution in [2.24, 2.45) is 0 Å². The van der Waals surface area contributed by atoms with E-state index < -0.39 is 0 Å². The van der Waals surface area contributed by atoms with Crippen molar-refractivity contribution in [1.82, 2.24) is 36.4 Å². The van der Waals surface area contributed by atoms with Crippen molar-refractivity contribution in [2.45, 2.75) is 329 Å². The summed E-state index contributed by atoms with van der Waals surface area (Å²) in [5.74, 6) is 0.459. The molecule has 0 aromatic rings. The highest BCUT2D eigenvalue weighted by Crippen LogP contribution is 2.14. The van der Waals surface area contributed by atoms with Crippen molar-refractivity contribution in [1.29, 1.82) is 0 Å². The van der Waals surface area contributed by atoms with E-state index in [-0.39, 0.29) is 23.6 Å². The first kappa shape index (κ1) is 75.8. The predicted molar refractivity (Wildman–Crippen MR) is 337 cm³/mol. The van der Waals surface area contributed by atoms with Crippen LogP contribution in [-0.4, -0.2) is 112 Å². The molecule has 11 nitrogen and oxygen atoms in total. The molecule has 78 heavy (non-hydrogen) atoms. The molecule has 0 atom stereocenters. The van der Waals surface area contributed by atoms with Crippen LogP contribution in [0.2, 0.25) is 0 Å². The summed E-state index contributed by atoms with van der Waals surface area (Å²) in [4.78, 5) is 56.3. The van der Waals surface area contributed by atoms with Crippen LogP contribution in [0.5, 0.6) is 0 Å². The number of nitrogens with zero attached hydrogens (tertiary/aromatic N) is 2. The molecule has 11 heteroatoms. The Labute approximate surface area is 485 Å². The maximum absolute atomic E-state index is 12.9. The zero-order valence-corrected chi connectivity index (χ0v) is 52.7. The van der Waals surface area contributed by atoms with E-state index >= 15 is 0 Å². The zero-order valence-electron chi connectivity index (χ0n) is 52.7. The molecular formula is C67H135N7O4. The first-order chi connectivity index (χ1) is 38.4. The summed E-state index contributed by atoms with van der Waals surface area (Å²) in [6, 6.07) is 0. The molecule has 0 rings (SSSR count). The molecule has 0 aromatic heterocycles. The van der Waals surface area contributed by atoms with Gasteiger partial charge in [0.05, 0.1) is 0 Å². The average Bonchev–Trinajstić information content (AvgIpc) is 3.44. The van der Waals surface area contributed by atoms with Gasteiger partial charge in [-0.3, -0.25) is 19.2 Å². The largest absolute Gasteiger partial charge is 0.356 e. The highest BCUT2D eigenvalue weighted by atomic mass is 16.2. The Morgan fingerprint density at radius 1 is 0.218 bits per heavy atom. The molecule has 0 aliphatic rings. The van der Waals surface area contributed by atoms with E-state index in [2.05, 4.69) is 64.1 Å². The number of carbonyl (C=O) groups excluding carboxylic acids is 4. The molecule has 462 valence electrons. The SMILES string of the molecule is CCCCCCCCCCCCNC(=O)CCN(CCCCCNCCN(CCC(=O)NCCCCCCCCCCCC)CCC(=O)NCCCCCCCCCCCC)CCC(=O)NCCCCCCCCCCCC. The third kappa shape index (κ3) is 59.9. The highest BCUT2D eigenvalue weighted by Gasteiger charge is 2.13. The zero-order chi connectivity index (χ0) is 56.7. The number of rotatable bonds is 65. The van der Waals surface area contributed by atoms with Crippen LogP contribution in [0.1, 0.15) is 329 Å². The van der Waals surface area contributed by atoms with E-state index in [1.165, 1.54) is 231 Å². The lowest BCUT2D eigenvalue weighted by Gasteiger charge is -2.23. The van der Waals surface area contributed by atoms with Crippen molar-refractivity contribution in [3.05, 3.63) is 0 Å². The second-order valence-corrected chi connectivity index (χ2v) is 23.6. The Bertz CT molecular complexity index is 1090. The Morgan fingerprint density at radius 3 is 0.679 bits per heavy atom. The van der Waals surface area contributed by atoms with E-state index in [4.69, 9.17) is 0 Å². The number of nitrogens with one attached hydrogen (secondary N) is 5. The maximum atomic E-state index is 12.9. The minimum atomic E-state index is 0.110. The normalized spacial score (nSPS) is 11.5. The standard InChI is InChI=1S/C67H135N7O4/c1-5-9-13-17-21-25-29-33-37-43-53-69-64(75)48-59-73(60-49-65(76)70-54-44-38-34-30-26-22-18-14-10-6-2)58-47-41-42-52-68-57-63-74(61-50-66(77)71-55-45-39-35-31-27-23-19-15-11-7-3)62-51-67(78)72-56-46-40-36-32-28-24-20-16-12-8-4/h68H,5-63H2,1-4H3,(H,69,75)(H,70,76)(H,71,77)(H,72,78). The lowest BCUT2D eigenvalue weighted by molar-refractivity contribution is -0.123. The molecule has 0 saturated carbocycles. The quantitative estimate of drug-likeness (QED) is 0.0383.